The molecule has 156 valence electrons. The fraction of sp³-hybridized carbons (Fsp3) is 0.130. The molecule has 0 spiro atoms. The Balaban J connectivity index is 1.62. The van der Waals surface area contributed by atoms with E-state index < -0.39 is 16.7 Å². The van der Waals surface area contributed by atoms with Crippen molar-refractivity contribution in [1.82, 2.24) is 9.29 Å². The number of halogens is 1. The Morgan fingerprint density at radius 2 is 2.10 bits per heavy atom. The van der Waals surface area contributed by atoms with Gasteiger partial charge in [0, 0.05) is 30.5 Å². The van der Waals surface area contributed by atoms with Crippen LogP contribution in [0.25, 0.3) is 6.08 Å². The fourth-order valence-corrected chi connectivity index (χ4v) is 4.79. The van der Waals surface area contributed by atoms with Gasteiger partial charge in [-0.3, -0.25) is 9.57 Å². The third-order valence-electron chi connectivity index (χ3n) is 5.03. The van der Waals surface area contributed by atoms with Crippen molar-refractivity contribution in [3.05, 3.63) is 89.0 Å². The molecule has 4 rings (SSSR count). The Bertz CT molecular complexity index is 1240. The van der Waals surface area contributed by atoms with Crippen molar-refractivity contribution in [3.63, 3.8) is 0 Å². The number of benzene rings is 2. The van der Waals surface area contributed by atoms with E-state index in [1.807, 2.05) is 42.5 Å². The van der Waals surface area contributed by atoms with Gasteiger partial charge >= 0.3 is 0 Å². The van der Waals surface area contributed by atoms with E-state index in [9.17, 15) is 9.18 Å². The summed E-state index contributed by atoms with van der Waals surface area (Å²) in [6.45, 7) is 0. The van der Waals surface area contributed by atoms with E-state index in [1.54, 1.807) is 23.9 Å². The zero-order valence-electron chi connectivity index (χ0n) is 16.7. The average Bonchev–Trinajstić information content (AvgIpc) is 3.02. The lowest BCUT2D eigenvalue weighted by Crippen LogP contribution is -2.29. The van der Waals surface area contributed by atoms with E-state index in [1.165, 1.54) is 12.1 Å². The van der Waals surface area contributed by atoms with Crippen LogP contribution in [0.1, 0.15) is 27.2 Å². The molecule has 0 saturated heterocycles. The summed E-state index contributed by atoms with van der Waals surface area (Å²) in [5, 5.41) is 11.7. The number of carbonyl (C=O) groups is 1. The second-order valence-corrected chi connectivity index (χ2v) is 8.49. The molecule has 1 aromatic heterocycles. The molecule has 0 radical (unpaired) electrons. The molecule has 0 bridgehead atoms. The van der Waals surface area contributed by atoms with Crippen LogP contribution in [0.5, 0.6) is 0 Å². The van der Waals surface area contributed by atoms with Crippen LogP contribution in [-0.4, -0.2) is 16.5 Å². The molecule has 0 aliphatic carbocycles. The predicted molar refractivity (Wildman–Crippen MR) is 119 cm³/mol. The first-order chi connectivity index (χ1) is 15.0. The highest BCUT2D eigenvalue weighted by Crippen LogP contribution is 2.26. The summed E-state index contributed by atoms with van der Waals surface area (Å²) in [7, 11) is 0.749. The molecule has 1 amide bonds. The van der Waals surface area contributed by atoms with Gasteiger partial charge in [0.15, 0.2) is 0 Å². The van der Waals surface area contributed by atoms with Crippen molar-refractivity contribution in [3.8, 4) is 6.07 Å². The number of rotatable bonds is 4. The van der Waals surface area contributed by atoms with Gasteiger partial charge in [-0.05, 0) is 41.1 Å². The second kappa shape index (κ2) is 8.68. The van der Waals surface area contributed by atoms with Crippen LogP contribution >= 0.6 is 0 Å². The summed E-state index contributed by atoms with van der Waals surface area (Å²) in [5.41, 5.74) is 2.45. The first-order valence-corrected chi connectivity index (χ1v) is 10.8. The predicted octanol–water partition coefficient (Wildman–Crippen LogP) is 4.17. The van der Waals surface area contributed by atoms with Gasteiger partial charge in [-0.15, -0.1) is 0 Å². The molecule has 8 heteroatoms. The lowest BCUT2D eigenvalue weighted by molar-refractivity contribution is 0.101. The average molecular weight is 434 g/mol. The van der Waals surface area contributed by atoms with Crippen molar-refractivity contribution in [2.75, 3.05) is 5.32 Å². The van der Waals surface area contributed by atoms with Gasteiger partial charge < -0.3 is 9.88 Å². The van der Waals surface area contributed by atoms with Crippen LogP contribution in [0, 0.1) is 21.9 Å². The molecule has 0 saturated carbocycles. The minimum atomic E-state index is -1.00. The molecule has 2 aromatic carbocycles. The normalized spacial score (nSPS) is 17.5. The summed E-state index contributed by atoms with van der Waals surface area (Å²) >= 11 is 0. The summed E-state index contributed by atoms with van der Waals surface area (Å²) in [6, 6.07) is 15.6. The van der Waals surface area contributed by atoms with Crippen molar-refractivity contribution in [2.24, 2.45) is 7.05 Å². The molecule has 6 nitrogen and oxygen atoms in total. The van der Waals surface area contributed by atoms with Gasteiger partial charge in [0.05, 0.1) is 10.5 Å². The first kappa shape index (κ1) is 20.7. The van der Waals surface area contributed by atoms with Crippen LogP contribution in [-0.2, 0) is 24.3 Å². The SMILES string of the molecule is Cn1cc2c(c1C(=O)Nc1ccc(F)c(C#N)c1)C=CC(Cc1ccccc1)NS2=N. The molecule has 3 N–H and O–H groups in total. The van der Waals surface area contributed by atoms with E-state index >= 15 is 0 Å². The molecule has 2 atom stereocenters. The number of hydrogen-bond donors (Lipinski definition) is 3. The monoisotopic (exact) mass is 433 g/mol. The topological polar surface area (TPSA) is 93.7 Å². The molecule has 2 unspecified atom stereocenters. The summed E-state index contributed by atoms with van der Waals surface area (Å²) < 4.78 is 27.2. The number of fused-ring (bicyclic) bond motifs is 1. The van der Waals surface area contributed by atoms with Gasteiger partial charge in [0.1, 0.15) is 17.6 Å². The maximum atomic E-state index is 13.6. The van der Waals surface area contributed by atoms with E-state index in [0.29, 0.717) is 16.9 Å². The number of nitrogens with one attached hydrogen (secondary N) is 3. The Morgan fingerprint density at radius 3 is 2.84 bits per heavy atom. The van der Waals surface area contributed by atoms with Crippen molar-refractivity contribution in [2.45, 2.75) is 17.4 Å². The van der Waals surface area contributed by atoms with Gasteiger partial charge in [-0.25, -0.2) is 9.11 Å². The summed E-state index contributed by atoms with van der Waals surface area (Å²) in [4.78, 5) is 13.8. The standard InChI is InChI=1S/C23H20FN5OS/c1-29-14-21-19(9-7-18(28-31(21)26)11-15-5-3-2-4-6-15)22(29)23(30)27-17-8-10-20(24)16(12-17)13-25/h2-10,12,14,18H,11H2,1H3,(H2,26,28)(H,27,30). The van der Waals surface area contributed by atoms with Gasteiger partial charge in [0.25, 0.3) is 5.91 Å². The van der Waals surface area contributed by atoms with Crippen LogP contribution in [0.2, 0.25) is 0 Å². The molecule has 1 aliphatic rings. The maximum absolute atomic E-state index is 13.6. The number of aryl methyl sites for hydroxylation is 1. The molecule has 0 fully saturated rings. The molecule has 1 aliphatic heterocycles. The Morgan fingerprint density at radius 1 is 1.32 bits per heavy atom. The van der Waals surface area contributed by atoms with E-state index in [2.05, 4.69) is 10.0 Å². The van der Waals surface area contributed by atoms with Crippen LogP contribution in [0.15, 0.2) is 65.7 Å². The smallest absolute Gasteiger partial charge is 0.272 e. The van der Waals surface area contributed by atoms with Crippen molar-refractivity contribution >= 4 is 28.5 Å². The molecule has 31 heavy (non-hydrogen) atoms. The first-order valence-electron chi connectivity index (χ1n) is 9.60. The third kappa shape index (κ3) is 4.33. The van der Waals surface area contributed by atoms with Gasteiger partial charge in [-0.2, -0.15) is 5.26 Å². The van der Waals surface area contributed by atoms with Crippen molar-refractivity contribution in [1.29, 1.82) is 10.0 Å². The minimum Gasteiger partial charge on any atom is -0.345 e. The Hall–Kier alpha value is -3.54. The number of anilines is 1. The molecular formula is C23H20FN5OS. The Labute approximate surface area is 182 Å². The largest absolute Gasteiger partial charge is 0.345 e. The number of hydrogen-bond acceptors (Lipinski definition) is 3. The van der Waals surface area contributed by atoms with Crippen LogP contribution < -0.4 is 10.0 Å². The molecular weight excluding hydrogens is 413 g/mol. The van der Waals surface area contributed by atoms with Crippen LogP contribution in [0.3, 0.4) is 0 Å². The highest BCUT2D eigenvalue weighted by molar-refractivity contribution is 7.84. The number of amides is 1. The minimum absolute atomic E-state index is 0.0351. The fourth-order valence-electron chi connectivity index (χ4n) is 3.55. The Kier molecular flexibility index (Phi) is 5.80. The number of nitrogens with zero attached hydrogens (tertiary/aromatic N) is 2. The van der Waals surface area contributed by atoms with E-state index in [-0.39, 0.29) is 17.5 Å². The van der Waals surface area contributed by atoms with Crippen molar-refractivity contribution < 1.29 is 9.18 Å². The quantitative estimate of drug-likeness (QED) is 0.576. The summed E-state index contributed by atoms with van der Waals surface area (Å²) in [6.07, 6.45) is 6.39. The van der Waals surface area contributed by atoms with Gasteiger partial charge in [-0.1, -0.05) is 42.5 Å². The number of aromatic nitrogens is 1. The van der Waals surface area contributed by atoms with E-state index in [4.69, 9.17) is 10.0 Å². The molecule has 3 aromatic rings. The lowest BCUT2D eigenvalue weighted by Gasteiger charge is -2.14. The maximum Gasteiger partial charge on any atom is 0.272 e. The highest BCUT2D eigenvalue weighted by atomic mass is 32.2. The zero-order valence-corrected chi connectivity index (χ0v) is 17.5. The molecule has 2 heterocycles. The number of nitriles is 1. The lowest BCUT2D eigenvalue weighted by atomic mass is 10.1. The highest BCUT2D eigenvalue weighted by Gasteiger charge is 2.24. The van der Waals surface area contributed by atoms with Crippen LogP contribution in [0.4, 0.5) is 10.1 Å². The van der Waals surface area contributed by atoms with Gasteiger partial charge in [0.2, 0.25) is 0 Å². The summed E-state index contributed by atoms with van der Waals surface area (Å²) in [5.74, 6) is -1.02. The third-order valence-corrected chi connectivity index (χ3v) is 6.33. The second-order valence-electron chi connectivity index (χ2n) is 7.21. The van der Waals surface area contributed by atoms with E-state index in [0.717, 1.165) is 22.9 Å². The zero-order chi connectivity index (χ0) is 22.0. The number of carbonyl (C=O) groups excluding carboxylic acids is 1.